The quantitative estimate of drug-likeness (QED) is 0.581. The van der Waals surface area contributed by atoms with Crippen LogP contribution in [0.25, 0.3) is 0 Å². The van der Waals surface area contributed by atoms with Crippen molar-refractivity contribution in [1.29, 1.82) is 0 Å². The zero-order valence-corrected chi connectivity index (χ0v) is 9.76. The Hall–Kier alpha value is -1.95. The van der Waals surface area contributed by atoms with E-state index in [9.17, 15) is 14.9 Å². The average molecular weight is 236 g/mol. The van der Waals surface area contributed by atoms with Crippen molar-refractivity contribution in [3.63, 3.8) is 0 Å². The number of rotatable bonds is 2. The summed E-state index contributed by atoms with van der Waals surface area (Å²) in [6.45, 7) is 4.96. The van der Waals surface area contributed by atoms with Gasteiger partial charge in [-0.05, 0) is 32.9 Å². The number of hydrogen-bond acceptors (Lipinski definition) is 4. The van der Waals surface area contributed by atoms with E-state index in [4.69, 9.17) is 4.84 Å². The standard InChI is InChI=1S/C11H12N2O4/c1-7-6-8(4-5-9(7)13(15)16)12-10(14)11(2,3)17-12/h4-6H,1-3H3. The maximum atomic E-state index is 11.7. The van der Waals surface area contributed by atoms with Gasteiger partial charge in [-0.15, -0.1) is 0 Å². The fourth-order valence-electron chi connectivity index (χ4n) is 1.65. The van der Waals surface area contributed by atoms with Crippen LogP contribution in [0.1, 0.15) is 19.4 Å². The molecule has 1 heterocycles. The van der Waals surface area contributed by atoms with Gasteiger partial charge in [0.2, 0.25) is 0 Å². The highest BCUT2D eigenvalue weighted by Crippen LogP contribution is 2.34. The van der Waals surface area contributed by atoms with Gasteiger partial charge in [0.05, 0.1) is 10.6 Å². The molecule has 0 atom stereocenters. The van der Waals surface area contributed by atoms with Gasteiger partial charge in [-0.25, -0.2) is 4.84 Å². The number of nitro benzene ring substituents is 1. The molecule has 1 aromatic rings. The Labute approximate surface area is 97.9 Å². The summed E-state index contributed by atoms with van der Waals surface area (Å²) in [5.41, 5.74) is 0.224. The van der Waals surface area contributed by atoms with Gasteiger partial charge in [0.15, 0.2) is 5.60 Å². The molecule has 1 saturated heterocycles. The lowest BCUT2D eigenvalue weighted by Gasteiger charge is -2.42. The van der Waals surface area contributed by atoms with Crippen LogP contribution in [-0.4, -0.2) is 16.4 Å². The monoisotopic (exact) mass is 236 g/mol. The number of nitro groups is 1. The van der Waals surface area contributed by atoms with Gasteiger partial charge >= 0.3 is 0 Å². The first-order chi connectivity index (χ1) is 7.83. The Balaban J connectivity index is 2.29. The molecular formula is C11H12N2O4. The lowest BCUT2D eigenvalue weighted by molar-refractivity contribution is -0.385. The predicted molar refractivity (Wildman–Crippen MR) is 60.5 cm³/mol. The van der Waals surface area contributed by atoms with Crippen molar-refractivity contribution in [1.82, 2.24) is 0 Å². The molecule has 0 N–H and O–H groups in total. The number of nitrogens with zero attached hydrogens (tertiary/aromatic N) is 2. The zero-order valence-electron chi connectivity index (χ0n) is 9.76. The fourth-order valence-corrected chi connectivity index (χ4v) is 1.65. The Bertz CT molecular complexity index is 510. The smallest absolute Gasteiger partial charge is 0.269 e. The second-order valence-electron chi connectivity index (χ2n) is 4.43. The summed E-state index contributed by atoms with van der Waals surface area (Å²) >= 11 is 0. The second-order valence-corrected chi connectivity index (χ2v) is 4.43. The van der Waals surface area contributed by atoms with Crippen molar-refractivity contribution >= 4 is 17.3 Å². The number of anilines is 1. The molecule has 6 nitrogen and oxygen atoms in total. The second kappa shape index (κ2) is 3.53. The molecule has 1 aliphatic heterocycles. The van der Waals surface area contributed by atoms with Gasteiger partial charge in [-0.1, -0.05) is 0 Å². The average Bonchev–Trinajstić information content (AvgIpc) is 2.25. The van der Waals surface area contributed by atoms with Crippen LogP contribution in [0.15, 0.2) is 18.2 Å². The Kier molecular flexibility index (Phi) is 2.39. The molecule has 1 aliphatic rings. The molecule has 0 aliphatic carbocycles. The molecule has 1 aromatic carbocycles. The van der Waals surface area contributed by atoms with Crippen molar-refractivity contribution < 1.29 is 14.6 Å². The van der Waals surface area contributed by atoms with Gasteiger partial charge in [0.25, 0.3) is 11.6 Å². The van der Waals surface area contributed by atoms with Crippen LogP contribution < -0.4 is 5.06 Å². The molecule has 6 heteroatoms. The number of aryl methyl sites for hydroxylation is 1. The third-order valence-electron chi connectivity index (χ3n) is 2.63. The fraction of sp³-hybridized carbons (Fsp3) is 0.364. The molecule has 0 saturated carbocycles. The lowest BCUT2D eigenvalue weighted by atomic mass is 10.1. The summed E-state index contributed by atoms with van der Waals surface area (Å²) in [7, 11) is 0. The van der Waals surface area contributed by atoms with Crippen molar-refractivity contribution in [2.45, 2.75) is 26.4 Å². The van der Waals surface area contributed by atoms with E-state index >= 15 is 0 Å². The van der Waals surface area contributed by atoms with E-state index in [1.807, 2.05) is 0 Å². The Morgan fingerprint density at radius 2 is 2.06 bits per heavy atom. The van der Waals surface area contributed by atoms with Gasteiger partial charge in [-0.2, -0.15) is 5.06 Å². The normalized spacial score (nSPS) is 17.8. The van der Waals surface area contributed by atoms with Gasteiger partial charge in [-0.3, -0.25) is 14.9 Å². The summed E-state index contributed by atoms with van der Waals surface area (Å²) in [5.74, 6) is -0.161. The van der Waals surface area contributed by atoms with Crippen LogP contribution in [0.3, 0.4) is 0 Å². The van der Waals surface area contributed by atoms with Crippen molar-refractivity contribution in [2.75, 3.05) is 5.06 Å². The molecule has 0 bridgehead atoms. The minimum Gasteiger partial charge on any atom is -0.269 e. The number of carbonyl (C=O) groups excluding carboxylic acids is 1. The van der Waals surface area contributed by atoms with E-state index < -0.39 is 10.5 Å². The first-order valence-corrected chi connectivity index (χ1v) is 5.11. The van der Waals surface area contributed by atoms with Gasteiger partial charge < -0.3 is 0 Å². The molecule has 0 aromatic heterocycles. The van der Waals surface area contributed by atoms with Crippen LogP contribution in [0.2, 0.25) is 0 Å². The number of carbonyl (C=O) groups is 1. The summed E-state index contributed by atoms with van der Waals surface area (Å²) in [6.07, 6.45) is 0. The number of hydroxylamine groups is 1. The molecule has 1 amide bonds. The lowest BCUT2D eigenvalue weighted by Crippen LogP contribution is -2.61. The van der Waals surface area contributed by atoms with Crippen LogP contribution in [-0.2, 0) is 9.63 Å². The predicted octanol–water partition coefficient (Wildman–Crippen LogP) is 1.96. The van der Waals surface area contributed by atoms with Gasteiger partial charge in [0, 0.05) is 11.6 Å². The maximum Gasteiger partial charge on any atom is 0.285 e. The third kappa shape index (κ3) is 1.76. The molecule has 0 unspecified atom stereocenters. The molecule has 17 heavy (non-hydrogen) atoms. The van der Waals surface area contributed by atoms with Crippen molar-refractivity contribution in [2.24, 2.45) is 0 Å². The third-order valence-corrected chi connectivity index (χ3v) is 2.63. The molecule has 2 rings (SSSR count). The van der Waals surface area contributed by atoms with Crippen molar-refractivity contribution in [3.8, 4) is 0 Å². The van der Waals surface area contributed by atoms with Gasteiger partial charge in [0.1, 0.15) is 0 Å². The van der Waals surface area contributed by atoms with Crippen LogP contribution >= 0.6 is 0 Å². The Morgan fingerprint density at radius 1 is 1.41 bits per heavy atom. The zero-order chi connectivity index (χ0) is 12.8. The molecule has 0 spiro atoms. The highest BCUT2D eigenvalue weighted by Gasteiger charge is 2.47. The first-order valence-electron chi connectivity index (χ1n) is 5.11. The number of amides is 1. The number of benzene rings is 1. The highest BCUT2D eigenvalue weighted by molar-refractivity contribution is 6.02. The summed E-state index contributed by atoms with van der Waals surface area (Å²) < 4.78 is 0. The molecule has 0 radical (unpaired) electrons. The van der Waals surface area contributed by atoms with Crippen LogP contribution in [0.4, 0.5) is 11.4 Å². The van der Waals surface area contributed by atoms with E-state index in [1.54, 1.807) is 26.8 Å². The van der Waals surface area contributed by atoms with E-state index in [1.165, 1.54) is 12.1 Å². The minimum absolute atomic E-state index is 0.0287. The topological polar surface area (TPSA) is 72.7 Å². The molecular weight excluding hydrogens is 224 g/mol. The summed E-state index contributed by atoms with van der Waals surface area (Å²) in [4.78, 5) is 27.2. The largest absolute Gasteiger partial charge is 0.285 e. The maximum absolute atomic E-state index is 11.7. The van der Waals surface area contributed by atoms with E-state index in [-0.39, 0.29) is 11.6 Å². The number of hydrogen-bond donors (Lipinski definition) is 0. The Morgan fingerprint density at radius 3 is 2.47 bits per heavy atom. The molecule has 90 valence electrons. The summed E-state index contributed by atoms with van der Waals surface area (Å²) in [6, 6.07) is 4.43. The first kappa shape index (κ1) is 11.5. The molecule has 1 fully saturated rings. The minimum atomic E-state index is -0.810. The highest BCUT2D eigenvalue weighted by atomic mass is 16.7. The van der Waals surface area contributed by atoms with E-state index in [0.29, 0.717) is 11.3 Å². The summed E-state index contributed by atoms with van der Waals surface area (Å²) in [5, 5.41) is 11.8. The van der Waals surface area contributed by atoms with Crippen LogP contribution in [0.5, 0.6) is 0 Å². The SMILES string of the molecule is Cc1cc(N2OC(C)(C)C2=O)ccc1[N+](=O)[O-]. The van der Waals surface area contributed by atoms with Crippen LogP contribution in [0, 0.1) is 17.0 Å². The van der Waals surface area contributed by atoms with E-state index in [0.717, 1.165) is 5.06 Å². The van der Waals surface area contributed by atoms with Crippen molar-refractivity contribution in [3.05, 3.63) is 33.9 Å². The van der Waals surface area contributed by atoms with E-state index in [2.05, 4.69) is 0 Å².